The summed E-state index contributed by atoms with van der Waals surface area (Å²) in [5.74, 6) is 0. The second-order valence-corrected chi connectivity index (χ2v) is 4.95. The molecule has 1 fully saturated rings. The third kappa shape index (κ3) is 4.00. The van der Waals surface area contributed by atoms with Crippen LogP contribution in [0, 0.1) is 10.1 Å². The Hall–Kier alpha value is -1.50. The molecule has 0 spiro atoms. The molecule has 6 heteroatoms. The number of ether oxygens (including phenoxy) is 1. The number of morpholine rings is 1. The van der Waals surface area contributed by atoms with Crippen molar-refractivity contribution in [1.82, 2.24) is 10.2 Å². The number of para-hydroxylation sites is 1. The standard InChI is InChI=1S/C14H21N3O3/c1-12(13-4-2-3-5-14(13)17(18)19)15-6-7-16-8-10-20-11-9-16/h2-5,12,15H,6-11H2,1H3. The second-order valence-electron chi connectivity index (χ2n) is 4.95. The van der Waals surface area contributed by atoms with Crippen LogP contribution in [0.3, 0.4) is 0 Å². The number of nitrogens with one attached hydrogen (secondary N) is 1. The predicted octanol–water partition coefficient (Wildman–Crippen LogP) is 1.58. The molecule has 0 amide bonds. The van der Waals surface area contributed by atoms with Gasteiger partial charge in [0.05, 0.1) is 18.1 Å². The topological polar surface area (TPSA) is 67.6 Å². The van der Waals surface area contributed by atoms with E-state index in [4.69, 9.17) is 4.74 Å². The largest absolute Gasteiger partial charge is 0.379 e. The van der Waals surface area contributed by atoms with E-state index >= 15 is 0 Å². The lowest BCUT2D eigenvalue weighted by Gasteiger charge is -2.27. The van der Waals surface area contributed by atoms with Crippen molar-refractivity contribution in [3.63, 3.8) is 0 Å². The van der Waals surface area contributed by atoms with E-state index in [1.807, 2.05) is 19.1 Å². The average Bonchev–Trinajstić information content (AvgIpc) is 2.48. The number of benzene rings is 1. The SMILES string of the molecule is CC(NCCN1CCOCC1)c1ccccc1[N+](=O)[O-]. The molecule has 1 atom stereocenters. The molecule has 1 aliphatic heterocycles. The molecule has 1 saturated heterocycles. The first-order chi connectivity index (χ1) is 9.68. The van der Waals surface area contributed by atoms with Gasteiger partial charge in [-0.2, -0.15) is 0 Å². The van der Waals surface area contributed by atoms with Crippen molar-refractivity contribution >= 4 is 5.69 Å². The molecule has 1 unspecified atom stereocenters. The van der Waals surface area contributed by atoms with Crippen LogP contribution in [0.15, 0.2) is 24.3 Å². The Bertz CT molecular complexity index is 447. The smallest absolute Gasteiger partial charge is 0.274 e. The maximum absolute atomic E-state index is 11.0. The molecule has 2 rings (SSSR count). The Morgan fingerprint density at radius 3 is 2.80 bits per heavy atom. The van der Waals surface area contributed by atoms with E-state index in [2.05, 4.69) is 10.2 Å². The molecule has 0 radical (unpaired) electrons. The molecular formula is C14H21N3O3. The summed E-state index contributed by atoms with van der Waals surface area (Å²) in [5.41, 5.74) is 0.915. The first-order valence-corrected chi connectivity index (χ1v) is 6.95. The molecule has 0 aliphatic carbocycles. The summed E-state index contributed by atoms with van der Waals surface area (Å²) in [7, 11) is 0. The number of hydrogen-bond donors (Lipinski definition) is 1. The third-order valence-electron chi connectivity index (χ3n) is 3.58. The lowest BCUT2D eigenvalue weighted by atomic mass is 10.1. The Morgan fingerprint density at radius 2 is 2.10 bits per heavy atom. The van der Waals surface area contributed by atoms with Crippen LogP contribution < -0.4 is 5.32 Å². The third-order valence-corrected chi connectivity index (χ3v) is 3.58. The predicted molar refractivity (Wildman–Crippen MR) is 76.8 cm³/mol. The summed E-state index contributed by atoms with van der Waals surface area (Å²) < 4.78 is 5.30. The van der Waals surface area contributed by atoms with Gasteiger partial charge in [-0.05, 0) is 6.92 Å². The van der Waals surface area contributed by atoms with Crippen LogP contribution in [0.2, 0.25) is 0 Å². The lowest BCUT2D eigenvalue weighted by Crippen LogP contribution is -2.40. The van der Waals surface area contributed by atoms with Gasteiger partial charge in [-0.3, -0.25) is 15.0 Å². The summed E-state index contributed by atoms with van der Waals surface area (Å²) in [6.45, 7) is 7.21. The van der Waals surface area contributed by atoms with Crippen LogP contribution in [-0.2, 0) is 4.74 Å². The van der Waals surface area contributed by atoms with Crippen molar-refractivity contribution in [2.24, 2.45) is 0 Å². The molecule has 1 N–H and O–H groups in total. The fraction of sp³-hybridized carbons (Fsp3) is 0.571. The van der Waals surface area contributed by atoms with Crippen molar-refractivity contribution in [1.29, 1.82) is 0 Å². The molecule has 20 heavy (non-hydrogen) atoms. The Balaban J connectivity index is 1.85. The molecule has 1 aromatic carbocycles. The van der Waals surface area contributed by atoms with Crippen molar-refractivity contribution < 1.29 is 9.66 Å². The average molecular weight is 279 g/mol. The van der Waals surface area contributed by atoms with Gasteiger partial charge in [0.1, 0.15) is 0 Å². The van der Waals surface area contributed by atoms with Gasteiger partial charge in [-0.1, -0.05) is 18.2 Å². The Labute approximate surface area is 118 Å². The van der Waals surface area contributed by atoms with Crippen LogP contribution in [0.1, 0.15) is 18.5 Å². The van der Waals surface area contributed by atoms with Crippen LogP contribution in [-0.4, -0.2) is 49.2 Å². The van der Waals surface area contributed by atoms with Gasteiger partial charge in [0, 0.05) is 43.9 Å². The van der Waals surface area contributed by atoms with Crippen LogP contribution in [0.25, 0.3) is 0 Å². The zero-order valence-corrected chi connectivity index (χ0v) is 11.7. The molecule has 0 saturated carbocycles. The molecule has 0 bridgehead atoms. The number of hydrogen-bond acceptors (Lipinski definition) is 5. The summed E-state index contributed by atoms with van der Waals surface area (Å²) in [6, 6.07) is 6.86. The summed E-state index contributed by atoms with van der Waals surface area (Å²) in [5, 5.41) is 14.4. The zero-order valence-electron chi connectivity index (χ0n) is 11.7. The van der Waals surface area contributed by atoms with E-state index in [1.54, 1.807) is 12.1 Å². The van der Waals surface area contributed by atoms with Gasteiger partial charge < -0.3 is 10.1 Å². The minimum atomic E-state index is -0.324. The van der Waals surface area contributed by atoms with Gasteiger partial charge >= 0.3 is 0 Å². The summed E-state index contributed by atoms with van der Waals surface area (Å²) in [6.07, 6.45) is 0. The molecule has 1 aliphatic rings. The normalized spacial score (nSPS) is 17.9. The number of nitro benzene ring substituents is 1. The fourth-order valence-electron chi connectivity index (χ4n) is 2.39. The lowest BCUT2D eigenvalue weighted by molar-refractivity contribution is -0.385. The van der Waals surface area contributed by atoms with Gasteiger partial charge in [-0.15, -0.1) is 0 Å². The van der Waals surface area contributed by atoms with Crippen molar-refractivity contribution in [2.45, 2.75) is 13.0 Å². The second kappa shape index (κ2) is 7.33. The summed E-state index contributed by atoms with van der Waals surface area (Å²) in [4.78, 5) is 13.0. The highest BCUT2D eigenvalue weighted by Crippen LogP contribution is 2.24. The first kappa shape index (κ1) is 14.9. The van der Waals surface area contributed by atoms with Crippen LogP contribution in [0.5, 0.6) is 0 Å². The van der Waals surface area contributed by atoms with E-state index in [9.17, 15) is 10.1 Å². The minimum absolute atomic E-state index is 0.0300. The molecule has 110 valence electrons. The highest BCUT2D eigenvalue weighted by molar-refractivity contribution is 5.41. The molecular weight excluding hydrogens is 258 g/mol. The minimum Gasteiger partial charge on any atom is -0.379 e. The molecule has 6 nitrogen and oxygen atoms in total. The van der Waals surface area contributed by atoms with E-state index in [1.165, 1.54) is 0 Å². The first-order valence-electron chi connectivity index (χ1n) is 6.95. The quantitative estimate of drug-likeness (QED) is 0.632. The Morgan fingerprint density at radius 1 is 1.40 bits per heavy atom. The highest BCUT2D eigenvalue weighted by atomic mass is 16.6. The number of nitro groups is 1. The van der Waals surface area contributed by atoms with Crippen LogP contribution >= 0.6 is 0 Å². The monoisotopic (exact) mass is 279 g/mol. The van der Waals surface area contributed by atoms with Crippen LogP contribution in [0.4, 0.5) is 5.69 Å². The van der Waals surface area contributed by atoms with Crippen molar-refractivity contribution in [3.05, 3.63) is 39.9 Å². The van der Waals surface area contributed by atoms with Gasteiger partial charge in [0.15, 0.2) is 0 Å². The molecule has 1 aromatic rings. The maximum Gasteiger partial charge on any atom is 0.274 e. The van der Waals surface area contributed by atoms with E-state index in [0.29, 0.717) is 0 Å². The van der Waals surface area contributed by atoms with Gasteiger partial charge in [-0.25, -0.2) is 0 Å². The molecule has 1 heterocycles. The van der Waals surface area contributed by atoms with Crippen molar-refractivity contribution in [2.75, 3.05) is 39.4 Å². The fourth-order valence-corrected chi connectivity index (χ4v) is 2.39. The zero-order chi connectivity index (χ0) is 14.4. The van der Waals surface area contributed by atoms with E-state index in [-0.39, 0.29) is 16.7 Å². The van der Waals surface area contributed by atoms with Gasteiger partial charge in [0.2, 0.25) is 0 Å². The number of nitrogens with zero attached hydrogens (tertiary/aromatic N) is 2. The van der Waals surface area contributed by atoms with E-state index in [0.717, 1.165) is 45.0 Å². The highest BCUT2D eigenvalue weighted by Gasteiger charge is 2.18. The van der Waals surface area contributed by atoms with Gasteiger partial charge in [0.25, 0.3) is 5.69 Å². The summed E-state index contributed by atoms with van der Waals surface area (Å²) >= 11 is 0. The maximum atomic E-state index is 11.0. The molecule has 0 aromatic heterocycles. The number of rotatable bonds is 6. The Kier molecular flexibility index (Phi) is 5.46. The van der Waals surface area contributed by atoms with E-state index < -0.39 is 0 Å². The van der Waals surface area contributed by atoms with Crippen molar-refractivity contribution in [3.8, 4) is 0 Å².